The monoisotopic (exact) mass is 870 g/mol. The van der Waals surface area contributed by atoms with Gasteiger partial charge in [0, 0.05) is 87.4 Å². The van der Waals surface area contributed by atoms with E-state index in [-0.39, 0.29) is 0 Å². The fourth-order valence-corrected chi connectivity index (χ4v) is 10.2. The standard InChI is InChI=1S/C50H38N12S2/c1-62(2)33-11-6-4-3-5-9-28(17-33)29-13-14-39-35(18-29)47(60-58-39)49-54-41-26-53-24-38(46(41)57-49)43-21-32(27-64-43)34-19-31(30-10-7-15-51-22-30)20-36-44(34)59-61-48(36)50-55-40-25-52-23-37(45(40)56-50)42-12-8-16-63-42/h6-27H,3-5H2,1-2H3,(H,54,57)(H,55,56)(H,58,60)(H,59,61)/b11-6+,28-9+,33-17+. The van der Waals surface area contributed by atoms with E-state index in [2.05, 4.69) is 138 Å². The molecule has 310 valence electrons. The molecule has 12 rings (SSSR count). The Bertz CT molecular complexity index is 3630. The smallest absolute Gasteiger partial charge is 0.159 e. The lowest BCUT2D eigenvalue weighted by molar-refractivity contribution is 0.530. The number of fused-ring (bicyclic) bond motifs is 4. The molecule has 14 heteroatoms. The molecule has 0 amide bonds. The van der Waals surface area contributed by atoms with Gasteiger partial charge in [0.05, 0.1) is 34.5 Å². The Kier molecular flexibility index (Phi) is 9.19. The van der Waals surface area contributed by atoms with Crippen LogP contribution in [-0.2, 0) is 0 Å². The maximum atomic E-state index is 5.21. The summed E-state index contributed by atoms with van der Waals surface area (Å²) in [5.74, 6) is 1.35. The van der Waals surface area contributed by atoms with Crippen LogP contribution in [0.1, 0.15) is 24.8 Å². The maximum absolute atomic E-state index is 5.21. The normalized spacial score (nSPS) is 15.5. The van der Waals surface area contributed by atoms with Gasteiger partial charge in [-0.3, -0.25) is 25.1 Å². The SMILES string of the molecule is CN(C)C1=C/C(c2ccc3[nH]nc(-c4nc5c(-c6cc(-c7cc(-c8cccnc8)cc8c(-c9nc%10c(-c%11cccs%11)cncc%10[nH]9)n[nH]c78)cs6)cncc5[nH]4)c3c2)=C\CCC\C=C\1. The molecule has 0 unspecified atom stereocenters. The van der Waals surface area contributed by atoms with Gasteiger partial charge in [-0.15, -0.1) is 22.7 Å². The largest absolute Gasteiger partial charge is 0.378 e. The minimum atomic E-state index is 0.667. The number of nitrogens with zero attached hydrogens (tertiary/aromatic N) is 8. The highest BCUT2D eigenvalue weighted by molar-refractivity contribution is 7.14. The van der Waals surface area contributed by atoms with Crippen LogP contribution in [0.15, 0.2) is 139 Å². The quantitative estimate of drug-likeness (QED) is 0.118. The Morgan fingerprint density at radius 2 is 1.41 bits per heavy atom. The lowest BCUT2D eigenvalue weighted by atomic mass is 9.97. The van der Waals surface area contributed by atoms with Gasteiger partial charge in [-0.1, -0.05) is 30.4 Å². The minimum absolute atomic E-state index is 0.667. The van der Waals surface area contributed by atoms with E-state index >= 15 is 0 Å². The topological polar surface area (TPSA) is 157 Å². The van der Waals surface area contributed by atoms with E-state index in [0.717, 1.165) is 123 Å². The fourth-order valence-electron chi connectivity index (χ4n) is 8.55. The van der Waals surface area contributed by atoms with Crippen LogP contribution in [0.5, 0.6) is 0 Å². The van der Waals surface area contributed by atoms with E-state index in [4.69, 9.17) is 20.2 Å². The highest BCUT2D eigenvalue weighted by Crippen LogP contribution is 2.42. The number of allylic oxidation sites excluding steroid dienone is 5. The van der Waals surface area contributed by atoms with Gasteiger partial charge in [-0.2, -0.15) is 10.2 Å². The van der Waals surface area contributed by atoms with Crippen LogP contribution < -0.4 is 0 Å². The predicted octanol–water partition coefficient (Wildman–Crippen LogP) is 12.1. The van der Waals surface area contributed by atoms with E-state index < -0.39 is 0 Å². The van der Waals surface area contributed by atoms with Gasteiger partial charge in [-0.25, -0.2) is 9.97 Å². The number of benzene rings is 2. The number of aromatic amines is 4. The lowest BCUT2D eigenvalue weighted by Crippen LogP contribution is -2.09. The van der Waals surface area contributed by atoms with Crippen molar-refractivity contribution in [3.63, 3.8) is 0 Å². The molecule has 0 aliphatic heterocycles. The zero-order valence-corrected chi connectivity index (χ0v) is 36.4. The molecule has 0 atom stereocenters. The third-order valence-corrected chi connectivity index (χ3v) is 13.7. The molecule has 4 N–H and O–H groups in total. The molecule has 0 saturated carbocycles. The third-order valence-electron chi connectivity index (χ3n) is 11.8. The summed E-state index contributed by atoms with van der Waals surface area (Å²) in [6.07, 6.45) is 23.4. The number of nitrogens with one attached hydrogen (secondary N) is 4. The Morgan fingerprint density at radius 3 is 2.17 bits per heavy atom. The van der Waals surface area contributed by atoms with Crippen molar-refractivity contribution in [1.82, 2.24) is 60.2 Å². The van der Waals surface area contributed by atoms with E-state index in [1.165, 1.54) is 11.3 Å². The van der Waals surface area contributed by atoms with Crippen molar-refractivity contribution >= 4 is 72.1 Å². The molecule has 2 aromatic carbocycles. The predicted molar refractivity (Wildman–Crippen MR) is 260 cm³/mol. The van der Waals surface area contributed by atoms with Gasteiger partial charge < -0.3 is 14.9 Å². The Labute approximate surface area is 374 Å². The van der Waals surface area contributed by atoms with Gasteiger partial charge in [0.1, 0.15) is 22.4 Å². The Hall–Kier alpha value is -7.81. The number of imidazole rings is 2. The van der Waals surface area contributed by atoms with Crippen LogP contribution >= 0.6 is 22.7 Å². The van der Waals surface area contributed by atoms with Crippen molar-refractivity contribution in [2.45, 2.75) is 19.3 Å². The first-order valence-corrected chi connectivity index (χ1v) is 22.8. The van der Waals surface area contributed by atoms with Crippen LogP contribution in [0, 0.1) is 0 Å². The van der Waals surface area contributed by atoms with Crippen LogP contribution in [-0.4, -0.2) is 74.3 Å². The van der Waals surface area contributed by atoms with E-state index in [1.54, 1.807) is 28.9 Å². The van der Waals surface area contributed by atoms with Crippen LogP contribution in [0.25, 0.3) is 116 Å². The van der Waals surface area contributed by atoms with Gasteiger partial charge in [0.15, 0.2) is 11.6 Å². The molecule has 0 radical (unpaired) electrons. The number of hydrogen-bond acceptors (Lipinski definition) is 10. The van der Waals surface area contributed by atoms with Crippen molar-refractivity contribution < 1.29 is 0 Å². The summed E-state index contributed by atoms with van der Waals surface area (Å²) in [6.45, 7) is 0. The highest BCUT2D eigenvalue weighted by atomic mass is 32.1. The molecular weight excluding hydrogens is 833 g/mol. The van der Waals surface area contributed by atoms with Crippen molar-refractivity contribution in [3.05, 3.63) is 144 Å². The van der Waals surface area contributed by atoms with Crippen LogP contribution in [0.4, 0.5) is 0 Å². The first-order valence-electron chi connectivity index (χ1n) is 21.0. The first-order chi connectivity index (χ1) is 31.5. The summed E-state index contributed by atoms with van der Waals surface area (Å²) in [7, 11) is 4.17. The maximum Gasteiger partial charge on any atom is 0.159 e. The van der Waals surface area contributed by atoms with Gasteiger partial charge >= 0.3 is 0 Å². The Morgan fingerprint density at radius 1 is 0.625 bits per heavy atom. The molecule has 1 aliphatic carbocycles. The van der Waals surface area contributed by atoms with E-state index in [0.29, 0.717) is 11.6 Å². The molecule has 11 aromatic rings. The van der Waals surface area contributed by atoms with E-state index in [9.17, 15) is 0 Å². The molecule has 0 bridgehead atoms. The number of hydrogen-bond donors (Lipinski definition) is 4. The number of rotatable bonds is 8. The average molecular weight is 871 g/mol. The third kappa shape index (κ3) is 6.62. The van der Waals surface area contributed by atoms with Gasteiger partial charge in [0.25, 0.3) is 0 Å². The first kappa shape index (κ1) is 37.9. The van der Waals surface area contributed by atoms with Gasteiger partial charge in [0.2, 0.25) is 0 Å². The number of thiophene rings is 2. The summed E-state index contributed by atoms with van der Waals surface area (Å²) in [5, 5.41) is 22.5. The molecule has 9 aromatic heterocycles. The highest BCUT2D eigenvalue weighted by Gasteiger charge is 2.22. The molecule has 0 saturated heterocycles. The fraction of sp³-hybridized carbons (Fsp3) is 0.100. The average Bonchev–Trinajstić information content (AvgIpc) is 4.18. The molecular formula is C50H38N12S2. The number of likely N-dealkylation sites (N-methyl/N-ethyl adjacent to an activating group) is 1. The van der Waals surface area contributed by atoms with Crippen molar-refractivity contribution in [3.8, 4) is 66.2 Å². The van der Waals surface area contributed by atoms with Crippen molar-refractivity contribution in [2.24, 2.45) is 0 Å². The molecule has 0 spiro atoms. The number of aromatic nitrogens is 11. The molecule has 1 aliphatic rings. The number of H-pyrrole nitrogens is 4. The minimum Gasteiger partial charge on any atom is -0.378 e. The van der Waals surface area contributed by atoms with Crippen molar-refractivity contribution in [2.75, 3.05) is 14.1 Å². The summed E-state index contributed by atoms with van der Waals surface area (Å²) >= 11 is 3.32. The van der Waals surface area contributed by atoms with Crippen LogP contribution in [0.3, 0.4) is 0 Å². The molecule has 12 nitrogen and oxygen atoms in total. The summed E-state index contributed by atoms with van der Waals surface area (Å²) in [5.41, 5.74) is 16.2. The van der Waals surface area contributed by atoms with E-state index in [1.807, 2.05) is 43.1 Å². The number of pyridine rings is 3. The lowest BCUT2D eigenvalue weighted by Gasteiger charge is -2.15. The molecule has 64 heavy (non-hydrogen) atoms. The summed E-state index contributed by atoms with van der Waals surface area (Å²) < 4.78 is 0. The Balaban J connectivity index is 0.935. The van der Waals surface area contributed by atoms with Crippen LogP contribution in [0.2, 0.25) is 0 Å². The zero-order chi connectivity index (χ0) is 42.7. The molecule has 0 fully saturated rings. The second-order valence-corrected chi connectivity index (χ2v) is 17.9. The second-order valence-electron chi connectivity index (χ2n) is 16.1. The summed E-state index contributed by atoms with van der Waals surface area (Å²) in [6, 6.07) is 21.2. The second kappa shape index (κ2) is 15.5. The molecule has 9 heterocycles. The summed E-state index contributed by atoms with van der Waals surface area (Å²) in [4.78, 5) is 35.3. The zero-order valence-electron chi connectivity index (χ0n) is 34.7. The van der Waals surface area contributed by atoms with Gasteiger partial charge in [-0.05, 0) is 107 Å². The van der Waals surface area contributed by atoms with Crippen molar-refractivity contribution in [1.29, 1.82) is 0 Å².